The third-order valence-corrected chi connectivity index (χ3v) is 7.35. The number of Topliss-reactive ketones (excluding diaryl/α,β-unsaturated/α-hetero) is 1. The lowest BCUT2D eigenvalue weighted by atomic mass is 9.96. The number of benzene rings is 1. The van der Waals surface area contributed by atoms with Crippen molar-refractivity contribution in [2.24, 2.45) is 0 Å². The zero-order valence-corrected chi connectivity index (χ0v) is 19.9. The van der Waals surface area contributed by atoms with Gasteiger partial charge in [0.1, 0.15) is 0 Å². The zero-order chi connectivity index (χ0) is 24.3. The van der Waals surface area contributed by atoms with Gasteiger partial charge in [0.05, 0.1) is 31.6 Å². The molecule has 9 nitrogen and oxygen atoms in total. The summed E-state index contributed by atoms with van der Waals surface area (Å²) in [4.78, 5) is 32.5. The molecule has 1 aliphatic heterocycles. The molecule has 1 N–H and O–H groups in total. The fraction of sp³-hybridized carbons (Fsp3) is 0.348. The smallest absolute Gasteiger partial charge is 0.295 e. The third kappa shape index (κ3) is 4.97. The molecule has 0 spiro atoms. The number of likely N-dealkylation sites (tertiary alicyclic amines) is 1. The first-order chi connectivity index (χ1) is 15.6. The van der Waals surface area contributed by atoms with Crippen LogP contribution in [0.25, 0.3) is 5.76 Å². The summed E-state index contributed by atoms with van der Waals surface area (Å²) in [6, 6.07) is 7.92. The van der Waals surface area contributed by atoms with E-state index in [0.29, 0.717) is 18.5 Å². The molecule has 0 aliphatic carbocycles. The molecule has 2 heterocycles. The number of ketones is 1. The molecule has 1 aliphatic rings. The maximum atomic E-state index is 13.4. The van der Waals surface area contributed by atoms with Gasteiger partial charge >= 0.3 is 0 Å². The lowest BCUT2D eigenvalue weighted by molar-refractivity contribution is -0.858. The lowest BCUT2D eigenvalue weighted by Gasteiger charge is -2.27. The van der Waals surface area contributed by atoms with Crippen molar-refractivity contribution in [3.8, 4) is 0 Å². The Kier molecular flexibility index (Phi) is 7.31. The van der Waals surface area contributed by atoms with Crippen LogP contribution in [0.3, 0.4) is 0 Å². The molecule has 2 aromatic rings. The van der Waals surface area contributed by atoms with Crippen molar-refractivity contribution in [3.63, 3.8) is 0 Å². The number of pyridine rings is 1. The van der Waals surface area contributed by atoms with E-state index in [0.717, 1.165) is 10.8 Å². The first kappa shape index (κ1) is 24.6. The quantitative estimate of drug-likeness (QED) is 0.302. The normalized spacial score (nSPS) is 18.5. The highest BCUT2D eigenvalue weighted by molar-refractivity contribution is 7.89. The summed E-state index contributed by atoms with van der Waals surface area (Å²) in [5.74, 6) is -2.13. The number of hydrogen-bond acceptors (Lipinski definition) is 6. The van der Waals surface area contributed by atoms with Crippen LogP contribution in [-0.2, 0) is 19.6 Å². The van der Waals surface area contributed by atoms with Crippen molar-refractivity contribution >= 4 is 27.5 Å². The molecule has 1 saturated heterocycles. The van der Waals surface area contributed by atoms with Gasteiger partial charge in [-0.3, -0.25) is 14.6 Å². The van der Waals surface area contributed by atoms with Crippen LogP contribution >= 0.6 is 0 Å². The van der Waals surface area contributed by atoms with Crippen LogP contribution in [-0.4, -0.2) is 75.6 Å². The second-order valence-corrected chi connectivity index (χ2v) is 10.5. The number of rotatable bonds is 8. The number of hydrogen-bond donors (Lipinski definition) is 1. The molecule has 0 radical (unpaired) electrons. The molecule has 176 valence electrons. The summed E-state index contributed by atoms with van der Waals surface area (Å²) in [6.45, 7) is 1.13. The summed E-state index contributed by atoms with van der Waals surface area (Å²) in [5, 5.41) is 13.4. The molecule has 1 aromatic heterocycles. The molecular formula is C23H28N4O5S. The van der Waals surface area contributed by atoms with Gasteiger partial charge in [-0.15, -0.1) is 0 Å². The molecule has 0 bridgehead atoms. The Morgan fingerprint density at radius 2 is 1.70 bits per heavy atom. The minimum Gasteiger partial charge on any atom is -0.872 e. The van der Waals surface area contributed by atoms with E-state index < -0.39 is 33.5 Å². The van der Waals surface area contributed by atoms with Crippen molar-refractivity contribution in [2.75, 3.05) is 41.3 Å². The molecule has 0 saturated carbocycles. The highest BCUT2D eigenvalue weighted by Gasteiger charge is 2.43. The van der Waals surface area contributed by atoms with Crippen molar-refractivity contribution in [3.05, 3.63) is 65.5 Å². The first-order valence-electron chi connectivity index (χ1n) is 10.5. The monoisotopic (exact) mass is 472 g/mol. The average Bonchev–Trinajstić information content (AvgIpc) is 3.04. The Balaban J connectivity index is 2.06. The number of amides is 1. The molecule has 1 atom stereocenters. The molecule has 1 amide bonds. The van der Waals surface area contributed by atoms with Gasteiger partial charge in [0, 0.05) is 45.0 Å². The molecule has 3 rings (SSSR count). The fourth-order valence-electron chi connectivity index (χ4n) is 3.74. The topological polar surface area (TPSA) is 115 Å². The van der Waals surface area contributed by atoms with E-state index in [-0.39, 0.29) is 16.0 Å². The van der Waals surface area contributed by atoms with E-state index in [1.54, 1.807) is 24.5 Å². The third-order valence-electron chi connectivity index (χ3n) is 5.52. The lowest BCUT2D eigenvalue weighted by Crippen LogP contribution is -3.05. The maximum absolute atomic E-state index is 13.4. The van der Waals surface area contributed by atoms with E-state index in [1.165, 1.54) is 48.2 Å². The standard InChI is InChI=1S/C23H28N4O5S/c1-25(2)14-5-15-27-20(16-10-12-24-13-11-16)19(22(29)23(27)30)21(28)17-6-8-18(9-7-17)33(31,32)26(3)4/h6-13,20,28H,5,14-15H2,1-4H3/b21-19+. The highest BCUT2D eigenvalue weighted by Crippen LogP contribution is 2.38. The molecule has 1 aromatic carbocycles. The number of carbonyl (C=O) groups excluding carboxylic acids is 2. The van der Waals surface area contributed by atoms with Gasteiger partial charge in [0.15, 0.2) is 0 Å². The molecule has 33 heavy (non-hydrogen) atoms. The van der Waals surface area contributed by atoms with E-state index in [1.807, 2.05) is 14.1 Å². The van der Waals surface area contributed by atoms with Crippen LogP contribution in [0.1, 0.15) is 23.6 Å². The number of aromatic nitrogens is 1. The van der Waals surface area contributed by atoms with Gasteiger partial charge < -0.3 is 14.9 Å². The predicted octanol–water partition coefficient (Wildman–Crippen LogP) is -0.909. The van der Waals surface area contributed by atoms with E-state index >= 15 is 0 Å². The van der Waals surface area contributed by atoms with E-state index in [9.17, 15) is 23.1 Å². The van der Waals surface area contributed by atoms with Crippen LogP contribution in [0.5, 0.6) is 0 Å². The highest BCUT2D eigenvalue weighted by atomic mass is 32.2. The van der Waals surface area contributed by atoms with Crippen LogP contribution in [0, 0.1) is 0 Å². The Morgan fingerprint density at radius 1 is 1.09 bits per heavy atom. The number of nitrogens with zero attached hydrogens (tertiary/aromatic N) is 3. The number of quaternary nitrogens is 1. The van der Waals surface area contributed by atoms with Gasteiger partial charge in [-0.05, 0) is 35.4 Å². The second-order valence-electron chi connectivity index (χ2n) is 8.38. The number of sulfonamides is 1. The Bertz CT molecular complexity index is 1160. The summed E-state index contributed by atoms with van der Waals surface area (Å²) in [6.07, 6.45) is 3.77. The average molecular weight is 473 g/mol. The summed E-state index contributed by atoms with van der Waals surface area (Å²) >= 11 is 0. The summed E-state index contributed by atoms with van der Waals surface area (Å²) in [7, 11) is 3.17. The van der Waals surface area contributed by atoms with Crippen LogP contribution in [0.4, 0.5) is 0 Å². The van der Waals surface area contributed by atoms with Crippen LogP contribution in [0.2, 0.25) is 0 Å². The molecule has 1 unspecified atom stereocenters. The van der Waals surface area contributed by atoms with Gasteiger partial charge in [-0.25, -0.2) is 12.7 Å². The Labute approximate surface area is 194 Å². The first-order valence-corrected chi connectivity index (χ1v) is 12.0. The van der Waals surface area contributed by atoms with Crippen molar-refractivity contribution in [2.45, 2.75) is 17.4 Å². The zero-order valence-electron chi connectivity index (χ0n) is 19.1. The molecule has 10 heteroatoms. The van der Waals surface area contributed by atoms with Gasteiger partial charge in [-0.2, -0.15) is 0 Å². The second kappa shape index (κ2) is 9.82. The van der Waals surface area contributed by atoms with E-state index in [2.05, 4.69) is 4.98 Å². The SMILES string of the molecule is CN(C)S(=O)(=O)c1ccc(/C([O-])=C2\C(=O)C(=O)N(CCC[NH+](C)C)C2c2ccncc2)cc1. The minimum absolute atomic E-state index is 0.0290. The molecule has 1 fully saturated rings. The Morgan fingerprint density at radius 3 is 2.24 bits per heavy atom. The summed E-state index contributed by atoms with van der Waals surface area (Å²) < 4.78 is 25.7. The minimum atomic E-state index is -3.66. The fourth-order valence-corrected chi connectivity index (χ4v) is 4.64. The van der Waals surface area contributed by atoms with E-state index in [4.69, 9.17) is 0 Å². The van der Waals surface area contributed by atoms with Crippen molar-refractivity contribution in [1.29, 1.82) is 0 Å². The maximum Gasteiger partial charge on any atom is 0.295 e. The van der Waals surface area contributed by atoms with Crippen LogP contribution < -0.4 is 10.0 Å². The van der Waals surface area contributed by atoms with Crippen molar-refractivity contribution in [1.82, 2.24) is 14.2 Å². The van der Waals surface area contributed by atoms with Gasteiger partial charge in [-0.1, -0.05) is 17.9 Å². The Hall–Kier alpha value is -3.08. The van der Waals surface area contributed by atoms with Crippen LogP contribution in [0.15, 0.2) is 59.3 Å². The summed E-state index contributed by atoms with van der Waals surface area (Å²) in [5.41, 5.74) is 0.630. The van der Waals surface area contributed by atoms with Crippen molar-refractivity contribution < 1.29 is 28.0 Å². The van der Waals surface area contributed by atoms with Gasteiger partial charge in [0.2, 0.25) is 15.8 Å². The number of carbonyl (C=O) groups is 2. The molecular weight excluding hydrogens is 444 g/mol. The largest absolute Gasteiger partial charge is 0.872 e. The number of nitrogens with one attached hydrogen (secondary N) is 1. The predicted molar refractivity (Wildman–Crippen MR) is 120 cm³/mol. The van der Waals surface area contributed by atoms with Gasteiger partial charge in [0.25, 0.3) is 5.91 Å².